The smallest absolute Gasteiger partial charge is 0.272 e. The van der Waals surface area contributed by atoms with Crippen molar-refractivity contribution in [2.75, 3.05) is 31.1 Å². The van der Waals surface area contributed by atoms with Gasteiger partial charge in [0.2, 0.25) is 5.91 Å². The summed E-state index contributed by atoms with van der Waals surface area (Å²) in [5.74, 6) is -0.546. The number of fused-ring (bicyclic) bond motifs is 3. The van der Waals surface area contributed by atoms with E-state index in [1.54, 1.807) is 0 Å². The topological polar surface area (TPSA) is 89.6 Å². The number of hydrogen-bond donors (Lipinski definition) is 1. The highest BCUT2D eigenvalue weighted by Crippen LogP contribution is 2.38. The number of anilines is 1. The number of aromatic nitrogens is 2. The number of hydrogen-bond acceptors (Lipinski definition) is 5. The summed E-state index contributed by atoms with van der Waals surface area (Å²) in [6.45, 7) is 9.17. The van der Waals surface area contributed by atoms with Crippen LogP contribution in [0.25, 0.3) is 10.9 Å². The quantitative estimate of drug-likeness (QED) is 0.448. The third kappa shape index (κ3) is 5.00. The number of piperazine rings is 1. The number of carbonyl (C=O) groups is 3. The summed E-state index contributed by atoms with van der Waals surface area (Å²) in [7, 11) is 0. The van der Waals surface area contributed by atoms with E-state index in [0.29, 0.717) is 24.5 Å². The van der Waals surface area contributed by atoms with E-state index in [4.69, 9.17) is 0 Å². The summed E-state index contributed by atoms with van der Waals surface area (Å²) in [6.07, 6.45) is 6.41. The van der Waals surface area contributed by atoms with Crippen LogP contribution in [0.2, 0.25) is 0 Å². The second kappa shape index (κ2) is 10.4. The van der Waals surface area contributed by atoms with Crippen molar-refractivity contribution in [1.29, 1.82) is 0 Å². The number of H-pyrrole nitrogens is 1. The van der Waals surface area contributed by atoms with Crippen molar-refractivity contribution in [2.24, 2.45) is 11.3 Å². The number of piperidine rings is 1. The first-order valence-electron chi connectivity index (χ1n) is 14.6. The normalized spacial score (nSPS) is 21.7. The maximum absolute atomic E-state index is 13.9. The minimum atomic E-state index is -0.445. The molecule has 6 rings (SSSR count). The zero-order chi connectivity index (χ0) is 28.0. The fourth-order valence-corrected chi connectivity index (χ4v) is 6.67. The Kier molecular flexibility index (Phi) is 6.88. The number of aromatic amines is 1. The van der Waals surface area contributed by atoms with E-state index >= 15 is 0 Å². The maximum Gasteiger partial charge on any atom is 0.272 e. The number of likely N-dealkylation sites (tertiary alicyclic amines) is 2. The number of nitrogens with zero attached hydrogens (tertiary/aromatic N) is 4. The van der Waals surface area contributed by atoms with Gasteiger partial charge in [-0.2, -0.15) is 0 Å². The Hall–Kier alpha value is -3.68. The van der Waals surface area contributed by atoms with Gasteiger partial charge in [-0.05, 0) is 55.4 Å². The molecule has 2 aromatic heterocycles. The van der Waals surface area contributed by atoms with Gasteiger partial charge in [0.1, 0.15) is 5.69 Å². The maximum atomic E-state index is 13.9. The summed E-state index contributed by atoms with van der Waals surface area (Å²) in [5, 5.41) is 0.988. The number of pyridine rings is 1. The molecule has 3 saturated heterocycles. The average Bonchev–Trinajstić information content (AvgIpc) is 3.69. The second-order valence-electron chi connectivity index (χ2n) is 12.8. The molecule has 3 fully saturated rings. The Balaban J connectivity index is 1.11. The molecule has 0 aliphatic carbocycles. The molecule has 0 radical (unpaired) electrons. The van der Waals surface area contributed by atoms with Crippen molar-refractivity contribution < 1.29 is 14.4 Å². The number of para-hydroxylation sites is 1. The molecule has 3 aromatic rings. The highest BCUT2D eigenvalue weighted by atomic mass is 16.2. The van der Waals surface area contributed by atoms with Gasteiger partial charge in [0, 0.05) is 43.5 Å². The number of amides is 2. The first-order chi connectivity index (χ1) is 19.2. The van der Waals surface area contributed by atoms with Gasteiger partial charge in [-0.25, -0.2) is 4.98 Å². The fraction of sp³-hybridized carbons (Fsp3) is 0.500. The molecular formula is C32H39N5O3. The highest BCUT2D eigenvalue weighted by Gasteiger charge is 2.50. The van der Waals surface area contributed by atoms with Crippen LogP contribution in [0, 0.1) is 11.3 Å². The van der Waals surface area contributed by atoms with E-state index in [-0.39, 0.29) is 41.5 Å². The molecule has 1 N–H and O–H groups in total. The standard InChI is InChI=1S/C32H39N5O3/c1-32(2,3)25(17-29(38)28-15-21-9-5-6-10-26(21)34-28)30(39)36-19-24-16-23(36)20-37(24)31(40)27-12-11-22(18-33-27)35-13-7-4-8-14-35/h5-6,9-12,15,18,23-25,34H,4,7-8,13-14,16-17,19-20H2,1-3H3/t23-,24-,25+/m0/s1. The van der Waals surface area contributed by atoms with E-state index < -0.39 is 5.92 Å². The van der Waals surface area contributed by atoms with E-state index in [1.807, 2.05) is 79.2 Å². The van der Waals surface area contributed by atoms with Crippen LogP contribution in [0.1, 0.15) is 73.9 Å². The first-order valence-corrected chi connectivity index (χ1v) is 14.6. The van der Waals surface area contributed by atoms with Crippen molar-refractivity contribution >= 4 is 34.2 Å². The predicted octanol–water partition coefficient (Wildman–Crippen LogP) is 4.91. The largest absolute Gasteiger partial charge is 0.370 e. The minimum Gasteiger partial charge on any atom is -0.370 e. The number of carbonyl (C=O) groups excluding carboxylic acids is 3. The van der Waals surface area contributed by atoms with Gasteiger partial charge in [0.15, 0.2) is 5.78 Å². The van der Waals surface area contributed by atoms with Crippen molar-refractivity contribution in [3.8, 4) is 0 Å². The number of nitrogens with one attached hydrogen (secondary N) is 1. The Bertz CT molecular complexity index is 1380. The van der Waals surface area contributed by atoms with Crippen molar-refractivity contribution in [1.82, 2.24) is 19.8 Å². The van der Waals surface area contributed by atoms with Crippen LogP contribution in [0.5, 0.6) is 0 Å². The highest BCUT2D eigenvalue weighted by molar-refractivity contribution is 6.01. The Morgan fingerprint density at radius 2 is 1.70 bits per heavy atom. The molecule has 8 heteroatoms. The predicted molar refractivity (Wildman–Crippen MR) is 155 cm³/mol. The van der Waals surface area contributed by atoms with Gasteiger partial charge in [-0.15, -0.1) is 0 Å². The Morgan fingerprint density at radius 3 is 2.35 bits per heavy atom. The van der Waals surface area contributed by atoms with Gasteiger partial charge in [-0.1, -0.05) is 39.0 Å². The fourth-order valence-electron chi connectivity index (χ4n) is 6.67. The van der Waals surface area contributed by atoms with E-state index in [9.17, 15) is 14.4 Å². The molecule has 0 saturated carbocycles. The number of Topliss-reactive ketones (excluding diaryl/α,β-unsaturated/α-hetero) is 1. The molecule has 3 aliphatic heterocycles. The molecule has 0 unspecified atom stereocenters. The van der Waals surface area contributed by atoms with Crippen LogP contribution in [0.4, 0.5) is 5.69 Å². The van der Waals surface area contributed by atoms with Crippen molar-refractivity contribution in [3.05, 3.63) is 60.0 Å². The average molecular weight is 542 g/mol. The molecule has 5 heterocycles. The van der Waals surface area contributed by atoms with Crippen LogP contribution >= 0.6 is 0 Å². The van der Waals surface area contributed by atoms with Crippen LogP contribution in [0.15, 0.2) is 48.7 Å². The summed E-state index contributed by atoms with van der Waals surface area (Å²) in [6, 6.07) is 13.5. The summed E-state index contributed by atoms with van der Waals surface area (Å²) < 4.78 is 0. The van der Waals surface area contributed by atoms with Crippen LogP contribution in [-0.4, -0.2) is 75.6 Å². The number of benzene rings is 1. The Morgan fingerprint density at radius 1 is 0.975 bits per heavy atom. The third-order valence-electron chi connectivity index (χ3n) is 9.04. The molecule has 210 valence electrons. The van der Waals surface area contributed by atoms with Crippen LogP contribution in [0.3, 0.4) is 0 Å². The lowest BCUT2D eigenvalue weighted by Crippen LogP contribution is -2.53. The molecule has 2 amide bonds. The zero-order valence-electron chi connectivity index (χ0n) is 23.7. The lowest BCUT2D eigenvalue weighted by atomic mass is 9.76. The minimum absolute atomic E-state index is 0.0144. The molecule has 3 atom stereocenters. The summed E-state index contributed by atoms with van der Waals surface area (Å²) >= 11 is 0. The van der Waals surface area contributed by atoms with Crippen LogP contribution in [-0.2, 0) is 4.79 Å². The molecule has 40 heavy (non-hydrogen) atoms. The van der Waals surface area contributed by atoms with Crippen molar-refractivity contribution in [2.45, 2.75) is 65.0 Å². The molecule has 3 aliphatic rings. The SMILES string of the molecule is CC(C)(C)[C@H](CC(=O)c1cc2ccccc2[nH]1)C(=O)N1C[C@@H]2C[C@H]1CN2C(=O)c1ccc(N2CCCCC2)cn1. The van der Waals surface area contributed by atoms with Gasteiger partial charge < -0.3 is 19.7 Å². The van der Waals surface area contributed by atoms with Crippen LogP contribution < -0.4 is 4.90 Å². The lowest BCUT2D eigenvalue weighted by molar-refractivity contribution is -0.141. The molecule has 0 spiro atoms. The molecule has 8 nitrogen and oxygen atoms in total. The van der Waals surface area contributed by atoms with Crippen molar-refractivity contribution in [3.63, 3.8) is 0 Å². The third-order valence-corrected chi connectivity index (χ3v) is 9.04. The van der Waals surface area contributed by atoms with E-state index in [0.717, 1.165) is 36.1 Å². The zero-order valence-corrected chi connectivity index (χ0v) is 23.7. The van der Waals surface area contributed by atoms with Gasteiger partial charge >= 0.3 is 0 Å². The molecule has 1 aromatic carbocycles. The number of ketones is 1. The monoisotopic (exact) mass is 541 g/mol. The van der Waals surface area contributed by atoms with E-state index in [1.165, 1.54) is 19.3 Å². The summed E-state index contributed by atoms with van der Waals surface area (Å²) in [5.41, 5.74) is 2.62. The second-order valence-corrected chi connectivity index (χ2v) is 12.8. The lowest BCUT2D eigenvalue weighted by Gasteiger charge is -2.39. The summed E-state index contributed by atoms with van der Waals surface area (Å²) in [4.78, 5) is 54.5. The number of rotatable bonds is 6. The van der Waals surface area contributed by atoms with E-state index in [2.05, 4.69) is 14.9 Å². The first kappa shape index (κ1) is 26.5. The Labute approximate surface area is 235 Å². The van der Waals surface area contributed by atoms with Gasteiger partial charge in [0.05, 0.1) is 35.6 Å². The van der Waals surface area contributed by atoms with Gasteiger partial charge in [-0.3, -0.25) is 14.4 Å². The molecular weight excluding hydrogens is 502 g/mol. The van der Waals surface area contributed by atoms with Gasteiger partial charge in [0.25, 0.3) is 5.91 Å². The molecule has 2 bridgehead atoms.